The molecule has 234 valence electrons. The highest BCUT2D eigenvalue weighted by Crippen LogP contribution is 2.25. The molecule has 1 atom stereocenters. The lowest BCUT2D eigenvalue weighted by atomic mass is 10.0. The van der Waals surface area contributed by atoms with Crippen LogP contribution < -0.4 is 14.8 Å². The molecule has 0 saturated heterocycles. The monoisotopic (exact) mass is 638 g/mol. The van der Waals surface area contributed by atoms with Crippen LogP contribution in [0.1, 0.15) is 22.7 Å². The minimum atomic E-state index is -3.95. The number of rotatable bonds is 13. The number of halogens is 1. The molecular weight excluding hydrogens is 607 g/mol. The maximum absolute atomic E-state index is 13.8. The molecular formula is C35H31FN4O5S. The van der Waals surface area contributed by atoms with Crippen LogP contribution in [-0.2, 0) is 32.7 Å². The Morgan fingerprint density at radius 3 is 2.11 bits per heavy atom. The summed E-state index contributed by atoms with van der Waals surface area (Å²) < 4.78 is 47.0. The molecule has 9 nitrogen and oxygen atoms in total. The Kier molecular flexibility index (Phi) is 10.4. The van der Waals surface area contributed by atoms with Gasteiger partial charge in [-0.05, 0) is 71.3 Å². The summed E-state index contributed by atoms with van der Waals surface area (Å²) in [5.41, 5.74) is 2.47. The van der Waals surface area contributed by atoms with Gasteiger partial charge in [0, 0.05) is 31.2 Å². The molecule has 2 amide bonds. The predicted octanol–water partition coefficient (Wildman–Crippen LogP) is 5.49. The molecule has 11 heteroatoms. The highest BCUT2D eigenvalue weighted by atomic mass is 32.2. The van der Waals surface area contributed by atoms with Crippen LogP contribution in [0.5, 0.6) is 5.75 Å². The summed E-state index contributed by atoms with van der Waals surface area (Å²) in [5, 5.41) is 2.94. The second-order valence-electron chi connectivity index (χ2n) is 10.3. The fourth-order valence-corrected chi connectivity index (χ4v) is 5.73. The van der Waals surface area contributed by atoms with Crippen molar-refractivity contribution in [3.05, 3.63) is 156 Å². The molecule has 1 aromatic heterocycles. The first kappa shape index (κ1) is 31.9. The van der Waals surface area contributed by atoms with Crippen LogP contribution in [0.3, 0.4) is 0 Å². The number of sulfonamides is 1. The molecule has 0 fully saturated rings. The number of pyridine rings is 1. The zero-order chi connectivity index (χ0) is 32.4. The molecule has 0 aliphatic heterocycles. The highest BCUT2D eigenvalue weighted by molar-refractivity contribution is 7.92. The zero-order valence-electron chi connectivity index (χ0n) is 24.6. The molecule has 2 N–H and O–H groups in total. The summed E-state index contributed by atoms with van der Waals surface area (Å²) in [6, 6.07) is 31.5. The number of hydrogen-bond acceptors (Lipinski definition) is 6. The largest absolute Gasteiger partial charge is 0.484 e. The Morgan fingerprint density at radius 2 is 1.46 bits per heavy atom. The van der Waals surface area contributed by atoms with E-state index in [-0.39, 0.29) is 35.3 Å². The average Bonchev–Trinajstić information content (AvgIpc) is 3.08. The normalized spacial score (nSPS) is 11.7. The van der Waals surface area contributed by atoms with Gasteiger partial charge < -0.3 is 15.0 Å². The molecule has 0 aliphatic rings. The van der Waals surface area contributed by atoms with E-state index in [1.807, 2.05) is 42.5 Å². The highest BCUT2D eigenvalue weighted by Gasteiger charge is 2.32. The first-order valence-corrected chi connectivity index (χ1v) is 15.8. The van der Waals surface area contributed by atoms with Crippen LogP contribution >= 0.6 is 0 Å². The van der Waals surface area contributed by atoms with Crippen molar-refractivity contribution in [2.45, 2.75) is 24.0 Å². The maximum Gasteiger partial charge on any atom is 0.261 e. The van der Waals surface area contributed by atoms with E-state index in [0.29, 0.717) is 5.56 Å². The van der Waals surface area contributed by atoms with Crippen molar-refractivity contribution in [3.63, 3.8) is 0 Å². The Labute approximate surface area is 266 Å². The molecule has 4 aromatic carbocycles. The summed E-state index contributed by atoms with van der Waals surface area (Å²) in [5.74, 6) is -1.06. The molecule has 46 heavy (non-hydrogen) atoms. The van der Waals surface area contributed by atoms with E-state index in [9.17, 15) is 22.4 Å². The van der Waals surface area contributed by atoms with E-state index in [1.54, 1.807) is 42.7 Å². The Bertz CT molecular complexity index is 1840. The van der Waals surface area contributed by atoms with Gasteiger partial charge in [0.25, 0.3) is 15.9 Å². The van der Waals surface area contributed by atoms with E-state index in [4.69, 9.17) is 4.74 Å². The third kappa shape index (κ3) is 8.54. The Balaban J connectivity index is 1.34. The summed E-state index contributed by atoms with van der Waals surface area (Å²) in [6.07, 6.45) is 3.31. The first-order valence-electron chi connectivity index (χ1n) is 14.3. The van der Waals surface area contributed by atoms with Gasteiger partial charge in [-0.3, -0.25) is 19.3 Å². The topological polar surface area (TPSA) is 118 Å². The van der Waals surface area contributed by atoms with Crippen molar-refractivity contribution in [2.75, 3.05) is 11.3 Å². The molecule has 5 rings (SSSR count). The Morgan fingerprint density at radius 1 is 0.804 bits per heavy atom. The van der Waals surface area contributed by atoms with Crippen LogP contribution in [0.25, 0.3) is 0 Å². The number of aromatic nitrogens is 1. The van der Waals surface area contributed by atoms with Crippen molar-refractivity contribution >= 4 is 27.5 Å². The minimum absolute atomic E-state index is 0.0457. The molecule has 0 spiro atoms. The van der Waals surface area contributed by atoms with Crippen molar-refractivity contribution in [3.8, 4) is 5.75 Å². The summed E-state index contributed by atoms with van der Waals surface area (Å²) >= 11 is 0. The van der Waals surface area contributed by atoms with E-state index >= 15 is 0 Å². The third-order valence-electron chi connectivity index (χ3n) is 6.97. The van der Waals surface area contributed by atoms with Crippen LogP contribution in [0, 0.1) is 5.82 Å². The average molecular weight is 639 g/mol. The lowest BCUT2D eigenvalue weighted by Gasteiger charge is -2.31. The van der Waals surface area contributed by atoms with Gasteiger partial charge in [-0.15, -0.1) is 0 Å². The van der Waals surface area contributed by atoms with Gasteiger partial charge in [0.1, 0.15) is 17.6 Å². The van der Waals surface area contributed by atoms with Gasteiger partial charge >= 0.3 is 0 Å². The summed E-state index contributed by atoms with van der Waals surface area (Å²) in [6.45, 7) is -0.0493. The number of carbonyl (C=O) groups is 2. The van der Waals surface area contributed by atoms with E-state index in [1.165, 1.54) is 41.3 Å². The van der Waals surface area contributed by atoms with E-state index in [0.717, 1.165) is 23.3 Å². The van der Waals surface area contributed by atoms with Crippen molar-refractivity contribution in [1.29, 1.82) is 0 Å². The predicted molar refractivity (Wildman–Crippen MR) is 171 cm³/mol. The third-order valence-corrected chi connectivity index (χ3v) is 8.37. The molecule has 1 heterocycles. The van der Waals surface area contributed by atoms with Crippen molar-refractivity contribution < 1.29 is 27.1 Å². The van der Waals surface area contributed by atoms with E-state index in [2.05, 4.69) is 15.0 Å². The lowest BCUT2D eigenvalue weighted by molar-refractivity contribution is -0.143. The first-order chi connectivity index (χ1) is 22.3. The zero-order valence-corrected chi connectivity index (χ0v) is 25.4. The smallest absolute Gasteiger partial charge is 0.261 e. The van der Waals surface area contributed by atoms with Crippen LogP contribution in [0.2, 0.25) is 0 Å². The molecule has 0 saturated carbocycles. The molecule has 0 aliphatic carbocycles. The lowest BCUT2D eigenvalue weighted by Crippen LogP contribution is -2.45. The van der Waals surface area contributed by atoms with E-state index < -0.39 is 34.4 Å². The number of ether oxygens (including phenoxy) is 1. The number of nitrogens with zero attached hydrogens (tertiary/aromatic N) is 2. The van der Waals surface area contributed by atoms with Gasteiger partial charge in [0.05, 0.1) is 4.90 Å². The number of amides is 2. The Hall–Kier alpha value is -5.55. The van der Waals surface area contributed by atoms with Gasteiger partial charge in [0.2, 0.25) is 5.91 Å². The fourth-order valence-electron chi connectivity index (χ4n) is 4.68. The molecule has 5 aromatic rings. The van der Waals surface area contributed by atoms with Gasteiger partial charge in [-0.2, -0.15) is 0 Å². The number of nitrogens with one attached hydrogen (secondary N) is 2. The number of benzene rings is 4. The second-order valence-corrected chi connectivity index (χ2v) is 12.0. The van der Waals surface area contributed by atoms with Crippen molar-refractivity contribution in [2.24, 2.45) is 0 Å². The van der Waals surface area contributed by atoms with Gasteiger partial charge in [0.15, 0.2) is 6.61 Å². The van der Waals surface area contributed by atoms with Crippen LogP contribution in [0.4, 0.5) is 10.1 Å². The molecule has 1 unspecified atom stereocenters. The summed E-state index contributed by atoms with van der Waals surface area (Å²) in [4.78, 5) is 33.1. The molecule has 0 radical (unpaired) electrons. The van der Waals surface area contributed by atoms with Gasteiger partial charge in [-0.25, -0.2) is 12.8 Å². The molecule has 0 bridgehead atoms. The van der Waals surface area contributed by atoms with Crippen molar-refractivity contribution in [1.82, 2.24) is 15.2 Å². The standard InChI is InChI=1S/C35H31FN4O5S/c36-29-13-15-30(16-14-29)39-46(43,44)32-19-17-31(18-20-32)45-25-33(41)40(24-26-8-3-1-4-9-26)34(28-11-5-2-6-12-28)35(42)38-23-27-10-7-21-37-22-27/h1-22,34,39H,23-25H2,(H,38,42). The second kappa shape index (κ2) is 15.0. The number of carbonyl (C=O) groups excluding carboxylic acids is 2. The van der Waals surface area contributed by atoms with Crippen LogP contribution in [-0.4, -0.2) is 36.7 Å². The SMILES string of the molecule is O=C(NCc1cccnc1)C(c1ccccc1)N(Cc1ccccc1)C(=O)COc1ccc(S(=O)(=O)Nc2ccc(F)cc2)cc1. The van der Waals surface area contributed by atoms with Crippen LogP contribution in [0.15, 0.2) is 139 Å². The maximum atomic E-state index is 13.8. The number of anilines is 1. The fraction of sp³-hybridized carbons (Fsp3) is 0.114. The van der Waals surface area contributed by atoms with Gasteiger partial charge in [-0.1, -0.05) is 66.7 Å². The number of hydrogen-bond donors (Lipinski definition) is 2. The summed E-state index contributed by atoms with van der Waals surface area (Å²) in [7, 11) is -3.95. The quantitative estimate of drug-likeness (QED) is 0.176. The minimum Gasteiger partial charge on any atom is -0.484 e.